The second-order valence-corrected chi connectivity index (χ2v) is 11.4. The van der Waals surface area contributed by atoms with Gasteiger partial charge < -0.3 is 25.0 Å². The zero-order valence-corrected chi connectivity index (χ0v) is 23.9. The van der Waals surface area contributed by atoms with Crippen molar-refractivity contribution < 1.29 is 23.6 Å². The quantitative estimate of drug-likeness (QED) is 0.221. The summed E-state index contributed by atoms with van der Waals surface area (Å²) in [5.74, 6) is 0. The van der Waals surface area contributed by atoms with Crippen molar-refractivity contribution in [3.8, 4) is 0 Å². The van der Waals surface area contributed by atoms with E-state index < -0.39 is 23.4 Å². The third-order valence-electron chi connectivity index (χ3n) is 4.77. The number of alkyl carbamates (subject to hydrolysis) is 2. The Kier molecular flexibility index (Phi) is 11.3. The number of nitrogens with zero attached hydrogens (tertiary/aromatic N) is 4. The molecule has 2 N–H and O–H groups in total. The average Bonchev–Trinajstić information content (AvgIpc) is 3.19. The summed E-state index contributed by atoms with van der Waals surface area (Å²) in [7, 11) is 1.93. The topological polar surface area (TPSA) is 109 Å². The van der Waals surface area contributed by atoms with E-state index in [0.29, 0.717) is 26.2 Å². The molecule has 0 aliphatic rings. The SMILES string of the molecule is C[n+]1ccsc1N=Nc1ccc(N(CCCNC(=O)OC(C)(C)C)CCCNC(=O)OC(C)(C)C)cc1. The Labute approximate surface area is 224 Å². The van der Waals surface area contributed by atoms with E-state index in [1.807, 2.05) is 89.0 Å². The lowest BCUT2D eigenvalue weighted by Crippen LogP contribution is -2.36. The minimum absolute atomic E-state index is 0.422. The second kappa shape index (κ2) is 13.9. The number of ether oxygens (including phenoxy) is 2. The van der Waals surface area contributed by atoms with Crippen LogP contribution >= 0.6 is 11.3 Å². The maximum absolute atomic E-state index is 11.9. The molecule has 1 aromatic heterocycles. The summed E-state index contributed by atoms with van der Waals surface area (Å²) in [6, 6.07) is 7.87. The molecule has 11 heteroatoms. The predicted molar refractivity (Wildman–Crippen MR) is 146 cm³/mol. The van der Waals surface area contributed by atoms with Gasteiger partial charge in [0.25, 0.3) is 0 Å². The van der Waals surface area contributed by atoms with Gasteiger partial charge in [0, 0.05) is 37.2 Å². The first-order valence-corrected chi connectivity index (χ1v) is 13.3. The molecule has 0 saturated carbocycles. The molecular formula is C26H41N6O4S+. The summed E-state index contributed by atoms with van der Waals surface area (Å²) in [5, 5.41) is 17.0. The van der Waals surface area contributed by atoms with Gasteiger partial charge in [-0.25, -0.2) is 14.2 Å². The van der Waals surface area contributed by atoms with Crippen molar-refractivity contribution in [1.29, 1.82) is 0 Å². The lowest BCUT2D eigenvalue weighted by atomic mass is 10.2. The molecule has 2 amide bonds. The van der Waals surface area contributed by atoms with E-state index in [2.05, 4.69) is 25.8 Å². The monoisotopic (exact) mass is 533 g/mol. The molecule has 1 heterocycles. The van der Waals surface area contributed by atoms with Crippen LogP contribution in [0.2, 0.25) is 0 Å². The summed E-state index contributed by atoms with van der Waals surface area (Å²) in [4.78, 5) is 26.1. The maximum Gasteiger partial charge on any atom is 0.408 e. The molecule has 0 radical (unpaired) electrons. The van der Waals surface area contributed by atoms with Crippen LogP contribution in [0.4, 0.5) is 26.1 Å². The van der Waals surface area contributed by atoms with E-state index >= 15 is 0 Å². The molecule has 1 aromatic carbocycles. The lowest BCUT2D eigenvalue weighted by Gasteiger charge is -2.26. The number of anilines is 1. The standard InChI is InChI=1S/C26H40N6O4S/c1-25(2,3)35-23(33)27-14-8-16-32(17-9-15-28-24(34)36-26(4,5)6)21-12-10-20(11-13-21)29-30-22-31(7)18-19-37-22/h10-13,18-19H,8-9,14-17H2,1-7H3,(H-,27,28,33,34)/p+1. The number of amides is 2. The van der Waals surface area contributed by atoms with E-state index in [0.717, 1.165) is 29.3 Å². The fourth-order valence-corrected chi connectivity index (χ4v) is 3.85. The van der Waals surface area contributed by atoms with Crippen molar-refractivity contribution in [3.63, 3.8) is 0 Å². The van der Waals surface area contributed by atoms with Gasteiger partial charge in [-0.1, -0.05) is 0 Å². The molecule has 0 fully saturated rings. The molecule has 37 heavy (non-hydrogen) atoms. The highest BCUT2D eigenvalue weighted by molar-refractivity contribution is 7.12. The van der Waals surface area contributed by atoms with Crippen molar-refractivity contribution in [2.75, 3.05) is 31.1 Å². The van der Waals surface area contributed by atoms with Gasteiger partial charge in [0.15, 0.2) is 0 Å². The molecule has 0 spiro atoms. The van der Waals surface area contributed by atoms with Crippen LogP contribution in [-0.2, 0) is 16.5 Å². The molecule has 0 saturated heterocycles. The van der Waals surface area contributed by atoms with Crippen LogP contribution in [0.25, 0.3) is 0 Å². The normalized spacial score (nSPS) is 11.9. The Balaban J connectivity index is 1.95. The van der Waals surface area contributed by atoms with E-state index in [9.17, 15) is 9.59 Å². The highest BCUT2D eigenvalue weighted by Gasteiger charge is 2.17. The Morgan fingerprint density at radius 2 is 1.41 bits per heavy atom. The van der Waals surface area contributed by atoms with Gasteiger partial charge in [0.1, 0.15) is 23.1 Å². The first-order chi connectivity index (χ1) is 17.3. The van der Waals surface area contributed by atoms with E-state index in [-0.39, 0.29) is 0 Å². The van der Waals surface area contributed by atoms with Gasteiger partial charge in [-0.2, -0.15) is 0 Å². The number of azo groups is 1. The number of aryl methyl sites for hydroxylation is 1. The number of rotatable bonds is 11. The second-order valence-electron chi connectivity index (χ2n) is 10.6. The fourth-order valence-electron chi connectivity index (χ4n) is 3.17. The Morgan fingerprint density at radius 1 is 0.892 bits per heavy atom. The van der Waals surface area contributed by atoms with Crippen LogP contribution in [0.1, 0.15) is 54.4 Å². The van der Waals surface area contributed by atoms with E-state index in [4.69, 9.17) is 9.47 Å². The average molecular weight is 534 g/mol. The summed E-state index contributed by atoms with van der Waals surface area (Å²) >= 11 is 1.53. The van der Waals surface area contributed by atoms with Crippen molar-refractivity contribution in [2.24, 2.45) is 17.3 Å². The number of benzene rings is 1. The van der Waals surface area contributed by atoms with Crippen molar-refractivity contribution in [1.82, 2.24) is 10.6 Å². The van der Waals surface area contributed by atoms with Gasteiger partial charge in [0.05, 0.1) is 12.2 Å². The largest absolute Gasteiger partial charge is 0.444 e. The summed E-state index contributed by atoms with van der Waals surface area (Å²) < 4.78 is 12.5. The molecule has 2 aromatic rings. The summed E-state index contributed by atoms with van der Waals surface area (Å²) in [6.07, 6.45) is 2.56. The van der Waals surface area contributed by atoms with Crippen LogP contribution in [0.5, 0.6) is 0 Å². The lowest BCUT2D eigenvalue weighted by molar-refractivity contribution is -0.654. The third-order valence-corrected chi connectivity index (χ3v) is 5.61. The predicted octanol–water partition coefficient (Wildman–Crippen LogP) is 5.62. The zero-order valence-electron chi connectivity index (χ0n) is 23.0. The minimum Gasteiger partial charge on any atom is -0.444 e. The number of nitrogens with one attached hydrogen (secondary N) is 2. The van der Waals surface area contributed by atoms with Crippen molar-refractivity contribution >= 4 is 40.0 Å². The van der Waals surface area contributed by atoms with Crippen LogP contribution in [0.3, 0.4) is 0 Å². The number of carbonyl (C=O) groups excluding carboxylic acids is 2. The van der Waals surface area contributed by atoms with Gasteiger partial charge in [-0.05, 0) is 95.1 Å². The van der Waals surface area contributed by atoms with Crippen LogP contribution in [0.15, 0.2) is 46.1 Å². The Hall–Kier alpha value is -3.21. The Morgan fingerprint density at radius 3 is 1.84 bits per heavy atom. The van der Waals surface area contributed by atoms with Crippen LogP contribution < -0.4 is 20.1 Å². The first kappa shape index (κ1) is 30.0. The van der Waals surface area contributed by atoms with Gasteiger partial charge in [-0.15, -0.1) is 0 Å². The smallest absolute Gasteiger partial charge is 0.408 e. The molecule has 2 rings (SSSR count). The zero-order chi connectivity index (χ0) is 27.5. The maximum atomic E-state index is 11.9. The third kappa shape index (κ3) is 12.5. The highest BCUT2D eigenvalue weighted by Crippen LogP contribution is 2.23. The van der Waals surface area contributed by atoms with Crippen molar-refractivity contribution in [3.05, 3.63) is 35.8 Å². The molecular weight excluding hydrogens is 492 g/mol. The van der Waals surface area contributed by atoms with Gasteiger partial charge in [0.2, 0.25) is 0 Å². The summed E-state index contributed by atoms with van der Waals surface area (Å²) in [5.41, 5.74) is 0.722. The van der Waals surface area contributed by atoms with Crippen LogP contribution in [0, 0.1) is 0 Å². The van der Waals surface area contributed by atoms with Crippen LogP contribution in [-0.4, -0.2) is 49.6 Å². The number of aromatic nitrogens is 1. The molecule has 0 aliphatic heterocycles. The molecule has 0 unspecified atom stereocenters. The molecule has 204 valence electrons. The van der Waals surface area contributed by atoms with Gasteiger partial charge in [-0.3, -0.25) is 0 Å². The van der Waals surface area contributed by atoms with Crippen molar-refractivity contribution in [2.45, 2.75) is 65.6 Å². The Bertz CT molecular complexity index is 989. The van der Waals surface area contributed by atoms with Gasteiger partial charge >= 0.3 is 17.3 Å². The number of thiazole rings is 1. The fraction of sp³-hybridized carbons (Fsp3) is 0.577. The number of hydrogen-bond acceptors (Lipinski definition) is 8. The summed E-state index contributed by atoms with van der Waals surface area (Å²) in [6.45, 7) is 13.4. The molecule has 0 bridgehead atoms. The minimum atomic E-state index is -0.531. The van der Waals surface area contributed by atoms with E-state index in [1.165, 1.54) is 11.3 Å². The first-order valence-electron chi connectivity index (χ1n) is 12.5. The molecule has 0 atom stereocenters. The number of carbonyl (C=O) groups is 2. The number of hydrogen-bond donors (Lipinski definition) is 2. The van der Waals surface area contributed by atoms with E-state index in [1.54, 1.807) is 0 Å². The highest BCUT2D eigenvalue weighted by atomic mass is 32.1. The molecule has 10 nitrogen and oxygen atoms in total. The molecule has 0 aliphatic carbocycles.